The van der Waals surface area contributed by atoms with Gasteiger partial charge in [-0.1, -0.05) is 59.9 Å². The predicted octanol–water partition coefficient (Wildman–Crippen LogP) is 3.24. The van der Waals surface area contributed by atoms with Crippen molar-refractivity contribution in [3.8, 4) is 22.4 Å². The number of hydrogen-bond donors (Lipinski definition) is 0. The van der Waals surface area contributed by atoms with E-state index in [1.54, 1.807) is 0 Å². The molecule has 0 saturated carbocycles. The molecule has 1 aromatic carbocycles. The van der Waals surface area contributed by atoms with E-state index in [-0.39, 0.29) is 4.87 Å². The average molecular weight is 341 g/mol. The van der Waals surface area contributed by atoms with E-state index in [4.69, 9.17) is 0 Å². The first kappa shape index (κ1) is 16.9. The molecule has 4 nitrogen and oxygen atoms in total. The fourth-order valence-electron chi connectivity index (χ4n) is 3.17. The first-order valence-corrected chi connectivity index (χ1v) is 9.31. The molecule has 2 atom stereocenters. The molecule has 0 radical (unpaired) electrons. The summed E-state index contributed by atoms with van der Waals surface area (Å²) in [5.74, 6) is 6.33. The SMILES string of the molecule is CC1CCCC(C)N1CC#CCn1nc(-c2ccccc2)sc1=O. The zero-order valence-corrected chi connectivity index (χ0v) is 15.1. The van der Waals surface area contributed by atoms with Gasteiger partial charge >= 0.3 is 4.87 Å². The highest BCUT2D eigenvalue weighted by Crippen LogP contribution is 2.21. The molecule has 3 rings (SSSR count). The van der Waals surface area contributed by atoms with Crippen LogP contribution in [0.15, 0.2) is 35.1 Å². The lowest BCUT2D eigenvalue weighted by Crippen LogP contribution is -2.43. The van der Waals surface area contributed by atoms with Gasteiger partial charge in [0.2, 0.25) is 0 Å². The summed E-state index contributed by atoms with van der Waals surface area (Å²) in [6.07, 6.45) is 3.80. The molecule has 1 aromatic heterocycles. The lowest BCUT2D eigenvalue weighted by molar-refractivity contribution is 0.121. The molecule has 1 aliphatic rings. The second-order valence-electron chi connectivity index (χ2n) is 6.35. The van der Waals surface area contributed by atoms with E-state index in [1.807, 2.05) is 30.3 Å². The van der Waals surface area contributed by atoms with Crippen LogP contribution in [0, 0.1) is 11.8 Å². The summed E-state index contributed by atoms with van der Waals surface area (Å²) in [7, 11) is 0. The molecule has 0 N–H and O–H groups in total. The molecule has 0 amide bonds. The Morgan fingerprint density at radius 1 is 1.12 bits per heavy atom. The summed E-state index contributed by atoms with van der Waals surface area (Å²) in [6, 6.07) is 11.0. The Bertz CT molecular complexity index is 774. The zero-order valence-electron chi connectivity index (χ0n) is 14.2. The van der Waals surface area contributed by atoms with Crippen molar-refractivity contribution < 1.29 is 0 Å². The highest BCUT2D eigenvalue weighted by atomic mass is 32.1. The Labute approximate surface area is 147 Å². The summed E-state index contributed by atoms with van der Waals surface area (Å²) < 4.78 is 1.46. The van der Waals surface area contributed by atoms with Gasteiger partial charge in [-0.2, -0.15) is 5.10 Å². The number of nitrogens with zero attached hydrogens (tertiary/aromatic N) is 3. The molecule has 24 heavy (non-hydrogen) atoms. The van der Waals surface area contributed by atoms with Crippen LogP contribution in [0.4, 0.5) is 0 Å². The van der Waals surface area contributed by atoms with E-state index in [9.17, 15) is 4.79 Å². The number of piperidine rings is 1. The van der Waals surface area contributed by atoms with Crippen molar-refractivity contribution in [2.75, 3.05) is 6.54 Å². The van der Waals surface area contributed by atoms with Crippen LogP contribution in [0.3, 0.4) is 0 Å². The number of aromatic nitrogens is 2. The van der Waals surface area contributed by atoms with Gasteiger partial charge in [-0.3, -0.25) is 9.69 Å². The van der Waals surface area contributed by atoms with Crippen molar-refractivity contribution in [1.29, 1.82) is 0 Å². The van der Waals surface area contributed by atoms with E-state index < -0.39 is 0 Å². The van der Waals surface area contributed by atoms with Gasteiger partial charge in [-0.05, 0) is 26.7 Å². The molecule has 2 aromatic rings. The second-order valence-corrected chi connectivity index (χ2v) is 7.29. The Morgan fingerprint density at radius 2 is 1.79 bits per heavy atom. The molecule has 126 valence electrons. The minimum Gasteiger partial charge on any atom is -0.287 e. The van der Waals surface area contributed by atoms with Gasteiger partial charge in [0, 0.05) is 17.6 Å². The molecule has 2 unspecified atom stereocenters. The van der Waals surface area contributed by atoms with Crippen molar-refractivity contribution in [1.82, 2.24) is 14.7 Å². The van der Waals surface area contributed by atoms with Crippen molar-refractivity contribution in [2.45, 2.75) is 51.7 Å². The van der Waals surface area contributed by atoms with Crippen molar-refractivity contribution in [3.05, 3.63) is 40.0 Å². The van der Waals surface area contributed by atoms with E-state index >= 15 is 0 Å². The first-order valence-electron chi connectivity index (χ1n) is 8.50. The maximum atomic E-state index is 12.1. The lowest BCUT2D eigenvalue weighted by atomic mass is 9.98. The van der Waals surface area contributed by atoms with Gasteiger partial charge in [0.15, 0.2) is 0 Å². The normalized spacial score (nSPS) is 21.2. The van der Waals surface area contributed by atoms with Crippen molar-refractivity contribution in [3.63, 3.8) is 0 Å². The van der Waals surface area contributed by atoms with Crippen molar-refractivity contribution in [2.24, 2.45) is 0 Å². The van der Waals surface area contributed by atoms with Crippen LogP contribution in [0.2, 0.25) is 0 Å². The fraction of sp³-hybridized carbons (Fsp3) is 0.474. The topological polar surface area (TPSA) is 38.1 Å². The Hall–Kier alpha value is -1.90. The van der Waals surface area contributed by atoms with E-state index in [0.717, 1.165) is 17.1 Å². The molecular weight excluding hydrogens is 318 g/mol. The summed E-state index contributed by atoms with van der Waals surface area (Å²) in [5, 5.41) is 5.15. The summed E-state index contributed by atoms with van der Waals surface area (Å²) in [5.41, 5.74) is 0.974. The maximum absolute atomic E-state index is 12.1. The molecule has 0 bridgehead atoms. The van der Waals surface area contributed by atoms with Gasteiger partial charge in [0.1, 0.15) is 11.6 Å². The molecule has 1 saturated heterocycles. The minimum atomic E-state index is -0.0529. The van der Waals surface area contributed by atoms with Crippen molar-refractivity contribution >= 4 is 11.3 Å². The number of hydrogen-bond acceptors (Lipinski definition) is 4. The third-order valence-corrected chi connectivity index (χ3v) is 5.51. The third kappa shape index (κ3) is 3.95. The highest BCUT2D eigenvalue weighted by molar-refractivity contribution is 7.12. The number of rotatable bonds is 3. The Balaban J connectivity index is 1.64. The van der Waals surface area contributed by atoms with Crippen LogP contribution in [0.1, 0.15) is 33.1 Å². The minimum absolute atomic E-state index is 0.0529. The van der Waals surface area contributed by atoms with Crippen LogP contribution in [-0.2, 0) is 6.54 Å². The molecule has 0 spiro atoms. The third-order valence-electron chi connectivity index (χ3n) is 4.62. The average Bonchev–Trinajstić information content (AvgIpc) is 2.95. The summed E-state index contributed by atoms with van der Waals surface area (Å²) in [4.78, 5) is 14.5. The standard InChI is InChI=1S/C19H23N3OS/c1-15-9-8-10-16(2)21(15)13-6-7-14-22-19(23)24-18(20-22)17-11-4-3-5-12-17/h3-5,11-12,15-16H,8-10,13-14H2,1-2H3. The van der Waals surface area contributed by atoms with E-state index in [0.29, 0.717) is 18.6 Å². The summed E-state index contributed by atoms with van der Waals surface area (Å²) >= 11 is 1.17. The molecule has 1 aliphatic heterocycles. The van der Waals surface area contributed by atoms with Gasteiger partial charge in [0.05, 0.1) is 6.54 Å². The van der Waals surface area contributed by atoms with Crippen LogP contribution in [-0.4, -0.2) is 33.3 Å². The molecule has 1 fully saturated rings. The van der Waals surface area contributed by atoms with Gasteiger partial charge in [0.25, 0.3) is 0 Å². The van der Waals surface area contributed by atoms with Crippen LogP contribution in [0.25, 0.3) is 10.6 Å². The first-order chi connectivity index (χ1) is 11.6. The zero-order chi connectivity index (χ0) is 16.9. The Morgan fingerprint density at radius 3 is 2.50 bits per heavy atom. The largest absolute Gasteiger partial charge is 0.326 e. The Kier molecular flexibility index (Phi) is 5.49. The van der Waals surface area contributed by atoms with E-state index in [2.05, 4.69) is 35.7 Å². The maximum Gasteiger partial charge on any atom is 0.326 e. The van der Waals surface area contributed by atoms with Crippen LogP contribution in [0.5, 0.6) is 0 Å². The van der Waals surface area contributed by atoms with Gasteiger partial charge < -0.3 is 0 Å². The van der Waals surface area contributed by atoms with Crippen LogP contribution < -0.4 is 4.87 Å². The number of likely N-dealkylation sites (tertiary alicyclic amines) is 1. The molecule has 0 aliphatic carbocycles. The van der Waals surface area contributed by atoms with Gasteiger partial charge in [-0.25, -0.2) is 4.68 Å². The second kappa shape index (κ2) is 7.78. The monoisotopic (exact) mass is 341 g/mol. The van der Waals surface area contributed by atoms with Gasteiger partial charge in [-0.15, -0.1) is 0 Å². The molecule has 5 heteroatoms. The lowest BCUT2D eigenvalue weighted by Gasteiger charge is -2.37. The highest BCUT2D eigenvalue weighted by Gasteiger charge is 2.23. The molecule has 2 heterocycles. The quantitative estimate of drug-likeness (QED) is 0.805. The van der Waals surface area contributed by atoms with Crippen LogP contribution >= 0.6 is 11.3 Å². The van der Waals surface area contributed by atoms with E-state index in [1.165, 1.54) is 35.3 Å². The predicted molar refractivity (Wildman–Crippen MR) is 99.1 cm³/mol. The fourth-order valence-corrected chi connectivity index (χ4v) is 3.94. The molecular formula is C19H23N3OS. The number of benzene rings is 1. The smallest absolute Gasteiger partial charge is 0.287 e. The summed E-state index contributed by atoms with van der Waals surface area (Å²) in [6.45, 7) is 5.67.